The van der Waals surface area contributed by atoms with Crippen LogP contribution < -0.4 is 5.46 Å². The van der Waals surface area contributed by atoms with E-state index in [1.807, 2.05) is 24.0 Å². The first-order valence-corrected chi connectivity index (χ1v) is 6.48. The highest BCUT2D eigenvalue weighted by Crippen LogP contribution is 2.11. The van der Waals surface area contributed by atoms with Gasteiger partial charge in [0.25, 0.3) is 0 Å². The van der Waals surface area contributed by atoms with Gasteiger partial charge in [-0.3, -0.25) is 9.69 Å². The normalized spacial score (nSPS) is 20.4. The monoisotopic (exact) mass is 262 g/mol. The van der Waals surface area contributed by atoms with Crippen molar-refractivity contribution in [3.63, 3.8) is 0 Å². The second kappa shape index (κ2) is 6.19. The lowest BCUT2D eigenvalue weighted by Gasteiger charge is -2.37. The van der Waals surface area contributed by atoms with Crippen molar-refractivity contribution in [2.24, 2.45) is 0 Å². The van der Waals surface area contributed by atoms with E-state index in [-0.39, 0.29) is 6.04 Å². The maximum Gasteiger partial charge on any atom is 0.488 e. The zero-order valence-electron chi connectivity index (χ0n) is 11.1. The van der Waals surface area contributed by atoms with Crippen LogP contribution in [0, 0.1) is 0 Å². The molecule has 102 valence electrons. The molecule has 0 radical (unpaired) electrons. The number of benzene rings is 1. The molecule has 0 aliphatic carbocycles. The Balaban J connectivity index is 1.98. The van der Waals surface area contributed by atoms with Gasteiger partial charge in [-0.2, -0.15) is 0 Å². The van der Waals surface area contributed by atoms with Crippen molar-refractivity contribution >= 4 is 19.0 Å². The number of carbonyl (C=O) groups excluding carboxylic acids is 1. The molecule has 1 aromatic rings. The third-order valence-corrected chi connectivity index (χ3v) is 3.55. The third-order valence-electron chi connectivity index (χ3n) is 3.55. The summed E-state index contributed by atoms with van der Waals surface area (Å²) in [6.07, 6.45) is 0.907. The van der Waals surface area contributed by atoms with Crippen LogP contribution in [-0.2, 0) is 11.3 Å². The maximum absolute atomic E-state index is 10.8. The van der Waals surface area contributed by atoms with Crippen LogP contribution in [0.5, 0.6) is 0 Å². The van der Waals surface area contributed by atoms with E-state index in [1.165, 1.54) is 0 Å². The van der Waals surface area contributed by atoms with Crippen LogP contribution in [0.4, 0.5) is 0 Å². The summed E-state index contributed by atoms with van der Waals surface area (Å²) in [4.78, 5) is 14.9. The molecular formula is C13H19BN2O3. The number of piperazine rings is 1. The zero-order chi connectivity index (χ0) is 13.8. The van der Waals surface area contributed by atoms with E-state index >= 15 is 0 Å². The van der Waals surface area contributed by atoms with Crippen molar-refractivity contribution in [2.45, 2.75) is 19.5 Å². The molecule has 6 heteroatoms. The number of rotatable bonds is 4. The highest BCUT2D eigenvalue weighted by molar-refractivity contribution is 6.58. The lowest BCUT2D eigenvalue weighted by atomic mass is 9.79. The van der Waals surface area contributed by atoms with E-state index < -0.39 is 7.12 Å². The maximum atomic E-state index is 10.8. The summed E-state index contributed by atoms with van der Waals surface area (Å²) in [6, 6.07) is 7.53. The van der Waals surface area contributed by atoms with Crippen LogP contribution >= 0.6 is 0 Å². The molecule has 0 saturated carbocycles. The Morgan fingerprint density at radius 3 is 2.84 bits per heavy atom. The van der Waals surface area contributed by atoms with Gasteiger partial charge in [0.1, 0.15) is 0 Å². The van der Waals surface area contributed by atoms with Crippen LogP contribution in [0.1, 0.15) is 12.5 Å². The Hall–Kier alpha value is -1.37. The van der Waals surface area contributed by atoms with Gasteiger partial charge in [-0.05, 0) is 17.9 Å². The van der Waals surface area contributed by atoms with Crippen molar-refractivity contribution < 1.29 is 14.8 Å². The molecule has 1 atom stereocenters. The molecule has 1 aliphatic rings. The van der Waals surface area contributed by atoms with Crippen molar-refractivity contribution in [1.29, 1.82) is 0 Å². The van der Waals surface area contributed by atoms with Gasteiger partial charge in [-0.1, -0.05) is 24.3 Å². The molecular weight excluding hydrogens is 243 g/mol. The average molecular weight is 262 g/mol. The highest BCUT2D eigenvalue weighted by atomic mass is 16.4. The second-order valence-corrected chi connectivity index (χ2v) is 5.05. The summed E-state index contributed by atoms with van der Waals surface area (Å²) in [5.41, 5.74) is 1.56. The van der Waals surface area contributed by atoms with E-state index in [9.17, 15) is 4.79 Å². The lowest BCUT2D eigenvalue weighted by Crippen LogP contribution is -2.50. The molecule has 1 fully saturated rings. The molecule has 2 rings (SSSR count). The Labute approximate surface area is 113 Å². The highest BCUT2D eigenvalue weighted by Gasteiger charge is 2.22. The van der Waals surface area contributed by atoms with Gasteiger partial charge in [0.15, 0.2) is 0 Å². The molecule has 0 aromatic heterocycles. The molecule has 2 N–H and O–H groups in total. The molecule has 5 nitrogen and oxygen atoms in total. The van der Waals surface area contributed by atoms with Crippen molar-refractivity contribution in [2.75, 3.05) is 19.6 Å². The van der Waals surface area contributed by atoms with Gasteiger partial charge in [0, 0.05) is 32.2 Å². The van der Waals surface area contributed by atoms with E-state index in [2.05, 4.69) is 4.90 Å². The fourth-order valence-electron chi connectivity index (χ4n) is 2.46. The number of hydrogen-bond acceptors (Lipinski definition) is 4. The molecule has 1 heterocycles. The summed E-state index contributed by atoms with van der Waals surface area (Å²) in [7, 11) is -1.43. The molecule has 19 heavy (non-hydrogen) atoms. The molecule has 1 amide bonds. The minimum absolute atomic E-state index is 0.220. The summed E-state index contributed by atoms with van der Waals surface area (Å²) < 4.78 is 0. The molecule has 0 spiro atoms. The van der Waals surface area contributed by atoms with Gasteiger partial charge in [0.2, 0.25) is 6.41 Å². The topological polar surface area (TPSA) is 64.0 Å². The zero-order valence-corrected chi connectivity index (χ0v) is 11.1. The van der Waals surface area contributed by atoms with E-state index in [4.69, 9.17) is 10.0 Å². The van der Waals surface area contributed by atoms with Crippen LogP contribution in [-0.4, -0.2) is 59.1 Å². The third kappa shape index (κ3) is 3.56. The lowest BCUT2D eigenvalue weighted by molar-refractivity contribution is -0.122. The number of amides is 1. The second-order valence-electron chi connectivity index (χ2n) is 5.05. The van der Waals surface area contributed by atoms with Crippen molar-refractivity contribution in [3.05, 3.63) is 29.8 Å². The first kappa shape index (κ1) is 14.1. The van der Waals surface area contributed by atoms with Crippen LogP contribution in [0.3, 0.4) is 0 Å². The number of hydrogen-bond donors (Lipinski definition) is 2. The van der Waals surface area contributed by atoms with Crippen LogP contribution in [0.25, 0.3) is 0 Å². The minimum Gasteiger partial charge on any atom is -0.423 e. The standard InChI is InChI=1S/C13H19BN2O3/c1-11-8-15(5-6-16(11)10-17)9-12-3-2-4-13(7-12)14(18)19/h2-4,7,10-11,18-19H,5-6,8-9H2,1H3. The minimum atomic E-state index is -1.43. The van der Waals surface area contributed by atoms with E-state index in [0.29, 0.717) is 5.46 Å². The Kier molecular flexibility index (Phi) is 4.58. The Bertz CT molecular complexity index is 442. The molecule has 1 aromatic carbocycles. The molecule has 1 unspecified atom stereocenters. The molecule has 1 aliphatic heterocycles. The van der Waals surface area contributed by atoms with E-state index in [0.717, 1.165) is 38.2 Å². The number of carbonyl (C=O) groups is 1. The van der Waals surface area contributed by atoms with Gasteiger partial charge in [-0.25, -0.2) is 0 Å². The molecule has 0 bridgehead atoms. The summed E-state index contributed by atoms with van der Waals surface area (Å²) >= 11 is 0. The smallest absolute Gasteiger partial charge is 0.423 e. The van der Waals surface area contributed by atoms with Gasteiger partial charge < -0.3 is 14.9 Å². The predicted molar refractivity (Wildman–Crippen MR) is 73.8 cm³/mol. The SMILES string of the molecule is CC1CN(Cc2cccc(B(O)O)c2)CCN1C=O. The predicted octanol–water partition coefficient (Wildman–Crippen LogP) is -0.971. The van der Waals surface area contributed by atoms with Gasteiger partial charge >= 0.3 is 7.12 Å². The fourth-order valence-corrected chi connectivity index (χ4v) is 2.46. The summed E-state index contributed by atoms with van der Waals surface area (Å²) in [5, 5.41) is 18.3. The molecule has 1 saturated heterocycles. The summed E-state index contributed by atoms with van der Waals surface area (Å²) in [5.74, 6) is 0. The Morgan fingerprint density at radius 1 is 1.42 bits per heavy atom. The first-order chi connectivity index (χ1) is 9.10. The summed E-state index contributed by atoms with van der Waals surface area (Å²) in [6.45, 7) is 5.22. The van der Waals surface area contributed by atoms with Crippen molar-refractivity contribution in [1.82, 2.24) is 9.80 Å². The van der Waals surface area contributed by atoms with E-state index in [1.54, 1.807) is 12.1 Å². The van der Waals surface area contributed by atoms with Crippen LogP contribution in [0.15, 0.2) is 24.3 Å². The van der Waals surface area contributed by atoms with Crippen molar-refractivity contribution in [3.8, 4) is 0 Å². The fraction of sp³-hybridized carbons (Fsp3) is 0.462. The van der Waals surface area contributed by atoms with Gasteiger partial charge in [0.05, 0.1) is 0 Å². The first-order valence-electron chi connectivity index (χ1n) is 6.48. The van der Waals surface area contributed by atoms with Gasteiger partial charge in [-0.15, -0.1) is 0 Å². The average Bonchev–Trinajstić information content (AvgIpc) is 2.39. The Morgan fingerprint density at radius 2 is 2.21 bits per heavy atom. The number of nitrogens with zero attached hydrogens (tertiary/aromatic N) is 2. The quantitative estimate of drug-likeness (QED) is 0.541. The van der Waals surface area contributed by atoms with Crippen LogP contribution in [0.2, 0.25) is 0 Å². The largest absolute Gasteiger partial charge is 0.488 e.